The van der Waals surface area contributed by atoms with Crippen molar-refractivity contribution in [2.75, 3.05) is 37.6 Å². The van der Waals surface area contributed by atoms with E-state index in [0.29, 0.717) is 17.8 Å². The zero-order chi connectivity index (χ0) is 25.9. The van der Waals surface area contributed by atoms with Crippen molar-refractivity contribution in [1.29, 1.82) is 0 Å². The Morgan fingerprint density at radius 1 is 0.816 bits per heavy atom. The Morgan fingerprint density at radius 3 is 2.08 bits per heavy atom. The van der Waals surface area contributed by atoms with E-state index in [1.165, 1.54) is 30.4 Å². The van der Waals surface area contributed by atoms with Crippen molar-refractivity contribution in [2.24, 2.45) is 0 Å². The zero-order valence-corrected chi connectivity index (χ0v) is 22.9. The van der Waals surface area contributed by atoms with E-state index < -0.39 is 0 Å². The van der Waals surface area contributed by atoms with Crippen molar-refractivity contribution in [2.45, 2.75) is 50.5 Å². The summed E-state index contributed by atoms with van der Waals surface area (Å²) in [5.74, 6) is 0.805. The van der Waals surface area contributed by atoms with Crippen LogP contribution in [0.1, 0.15) is 61.6 Å². The number of nitrogens with zero attached hydrogens (tertiary/aromatic N) is 3. The quantitative estimate of drug-likeness (QED) is 0.265. The Labute approximate surface area is 231 Å². The van der Waals surface area contributed by atoms with Gasteiger partial charge in [0, 0.05) is 55.1 Å². The molecule has 38 heavy (non-hydrogen) atoms. The van der Waals surface area contributed by atoms with Gasteiger partial charge in [-0.15, -0.1) is 0 Å². The van der Waals surface area contributed by atoms with Gasteiger partial charge < -0.3 is 14.6 Å². The second-order valence-corrected chi connectivity index (χ2v) is 11.4. The number of halogens is 1. The summed E-state index contributed by atoms with van der Waals surface area (Å²) in [7, 11) is 0. The van der Waals surface area contributed by atoms with Crippen molar-refractivity contribution < 1.29 is 5.11 Å². The lowest BCUT2D eigenvalue weighted by molar-refractivity contribution is 0.251. The molecular formula is C33H38ClN3O. The first kappa shape index (κ1) is 25.3. The van der Waals surface area contributed by atoms with Crippen LogP contribution in [0.5, 0.6) is 5.88 Å². The molecular weight excluding hydrogens is 490 g/mol. The summed E-state index contributed by atoms with van der Waals surface area (Å²) >= 11 is 6.81. The van der Waals surface area contributed by atoms with Crippen LogP contribution in [0.15, 0.2) is 79.0 Å². The molecule has 0 bridgehead atoms. The fourth-order valence-electron chi connectivity index (χ4n) is 6.53. The summed E-state index contributed by atoms with van der Waals surface area (Å²) in [6.45, 7) is 4.98. The molecule has 1 saturated heterocycles. The summed E-state index contributed by atoms with van der Waals surface area (Å²) in [4.78, 5) is 4.97. The summed E-state index contributed by atoms with van der Waals surface area (Å²) in [6, 6.07) is 26.3. The Bertz CT molecular complexity index is 1300. The highest BCUT2D eigenvalue weighted by Gasteiger charge is 2.24. The molecule has 6 rings (SSSR count). The van der Waals surface area contributed by atoms with Crippen LogP contribution >= 0.6 is 11.6 Å². The number of aromatic hydroxyl groups is 1. The molecule has 1 saturated carbocycles. The topological polar surface area (TPSA) is 31.6 Å². The average Bonchev–Trinajstić information content (AvgIpc) is 3.29. The monoisotopic (exact) mass is 527 g/mol. The fourth-order valence-corrected chi connectivity index (χ4v) is 6.82. The van der Waals surface area contributed by atoms with Gasteiger partial charge in [0.05, 0.1) is 10.7 Å². The summed E-state index contributed by atoms with van der Waals surface area (Å²) in [5.41, 5.74) is 3.82. The molecule has 0 radical (unpaired) electrons. The lowest BCUT2D eigenvalue weighted by Gasteiger charge is -2.37. The molecule has 1 N–H and O–H groups in total. The number of anilines is 1. The lowest BCUT2D eigenvalue weighted by Crippen LogP contribution is -2.47. The van der Waals surface area contributed by atoms with Crippen molar-refractivity contribution in [1.82, 2.24) is 9.47 Å². The zero-order valence-electron chi connectivity index (χ0n) is 22.1. The third-order valence-corrected chi connectivity index (χ3v) is 9.00. The third-order valence-electron chi connectivity index (χ3n) is 8.70. The van der Waals surface area contributed by atoms with E-state index in [4.69, 9.17) is 11.6 Å². The highest BCUT2D eigenvalue weighted by atomic mass is 35.5. The average molecular weight is 528 g/mol. The van der Waals surface area contributed by atoms with Crippen molar-refractivity contribution >= 4 is 28.1 Å². The summed E-state index contributed by atoms with van der Waals surface area (Å²) in [5, 5.41) is 13.8. The molecule has 3 aromatic carbocycles. The Kier molecular flexibility index (Phi) is 7.62. The predicted molar refractivity (Wildman–Crippen MR) is 159 cm³/mol. The number of hydrogen-bond donors (Lipinski definition) is 1. The van der Waals surface area contributed by atoms with E-state index in [0.717, 1.165) is 73.5 Å². The van der Waals surface area contributed by atoms with Gasteiger partial charge in [0.2, 0.25) is 0 Å². The molecule has 5 heteroatoms. The van der Waals surface area contributed by atoms with Crippen LogP contribution in [0.3, 0.4) is 0 Å². The van der Waals surface area contributed by atoms with Gasteiger partial charge in [-0.1, -0.05) is 91.5 Å². The van der Waals surface area contributed by atoms with Crippen LogP contribution in [-0.4, -0.2) is 47.3 Å². The largest absolute Gasteiger partial charge is 0.494 e. The maximum Gasteiger partial charge on any atom is 0.199 e. The molecule has 1 aromatic heterocycles. The standard InChI is InChI=1S/C33H38ClN3O/c34-31-22-27-24-37(28-14-8-3-9-15-28)33(38)30(27)23-32(31)36-20-18-35(19-21-36)17-16-29(25-10-4-1-5-11-25)26-12-6-2-7-13-26/h1-2,4-7,10-13,22-24,28-29,38H,3,8-9,14-21H2. The highest BCUT2D eigenvalue weighted by molar-refractivity contribution is 6.34. The summed E-state index contributed by atoms with van der Waals surface area (Å²) in [6.07, 6.45) is 9.28. The van der Waals surface area contributed by atoms with E-state index in [1.54, 1.807) is 0 Å². The maximum absolute atomic E-state index is 11.1. The van der Waals surface area contributed by atoms with Crippen molar-refractivity contribution in [3.05, 3.63) is 95.1 Å². The highest BCUT2D eigenvalue weighted by Crippen LogP contribution is 2.40. The smallest absolute Gasteiger partial charge is 0.199 e. The van der Waals surface area contributed by atoms with Crippen molar-refractivity contribution in [3.63, 3.8) is 0 Å². The maximum atomic E-state index is 11.1. The molecule has 1 aliphatic carbocycles. The van der Waals surface area contributed by atoms with Crippen LogP contribution in [-0.2, 0) is 0 Å². The van der Waals surface area contributed by atoms with E-state index in [2.05, 4.69) is 87.3 Å². The third kappa shape index (κ3) is 5.30. The normalized spacial score (nSPS) is 17.5. The van der Waals surface area contributed by atoms with Gasteiger partial charge in [-0.05, 0) is 49.1 Å². The number of piperazine rings is 1. The fraction of sp³-hybridized carbons (Fsp3) is 0.394. The predicted octanol–water partition coefficient (Wildman–Crippen LogP) is 7.85. The van der Waals surface area contributed by atoms with Gasteiger partial charge in [-0.3, -0.25) is 4.90 Å². The van der Waals surface area contributed by atoms with Gasteiger partial charge in [0.1, 0.15) is 0 Å². The first-order valence-corrected chi connectivity index (χ1v) is 14.7. The molecule has 198 valence electrons. The second kappa shape index (κ2) is 11.4. The lowest BCUT2D eigenvalue weighted by atomic mass is 9.88. The molecule has 0 amide bonds. The minimum atomic E-state index is 0.399. The van der Waals surface area contributed by atoms with Gasteiger partial charge in [-0.25, -0.2) is 0 Å². The van der Waals surface area contributed by atoms with E-state index in [1.807, 2.05) is 6.07 Å². The van der Waals surface area contributed by atoms with E-state index in [9.17, 15) is 5.11 Å². The van der Waals surface area contributed by atoms with Gasteiger partial charge in [0.25, 0.3) is 0 Å². The van der Waals surface area contributed by atoms with Gasteiger partial charge in [-0.2, -0.15) is 0 Å². The SMILES string of the molecule is Oc1c2cc(N3CCN(CCC(c4ccccc4)c4ccccc4)CC3)c(Cl)cc2cn1C1CCCCC1. The molecule has 2 aliphatic rings. The van der Waals surface area contributed by atoms with Crippen LogP contribution in [0.25, 0.3) is 10.8 Å². The molecule has 0 atom stereocenters. The van der Waals surface area contributed by atoms with Gasteiger partial charge >= 0.3 is 0 Å². The van der Waals surface area contributed by atoms with Crippen LogP contribution in [0.2, 0.25) is 5.02 Å². The first-order valence-electron chi connectivity index (χ1n) is 14.3. The molecule has 4 aromatic rings. The molecule has 0 unspecified atom stereocenters. The number of benzene rings is 3. The van der Waals surface area contributed by atoms with E-state index in [-0.39, 0.29) is 0 Å². The number of aromatic nitrogens is 1. The minimum Gasteiger partial charge on any atom is -0.494 e. The summed E-state index contributed by atoms with van der Waals surface area (Å²) < 4.78 is 2.10. The molecule has 2 heterocycles. The molecule has 2 fully saturated rings. The minimum absolute atomic E-state index is 0.399. The van der Waals surface area contributed by atoms with Crippen LogP contribution in [0.4, 0.5) is 5.69 Å². The van der Waals surface area contributed by atoms with E-state index >= 15 is 0 Å². The van der Waals surface area contributed by atoms with Crippen LogP contribution < -0.4 is 4.90 Å². The Morgan fingerprint density at radius 2 is 1.45 bits per heavy atom. The first-order chi connectivity index (χ1) is 18.7. The van der Waals surface area contributed by atoms with Crippen molar-refractivity contribution in [3.8, 4) is 5.88 Å². The Balaban J connectivity index is 1.13. The number of hydrogen-bond acceptors (Lipinski definition) is 3. The molecule has 1 aliphatic heterocycles. The number of rotatable bonds is 7. The number of fused-ring (bicyclic) bond motifs is 1. The molecule has 0 spiro atoms. The van der Waals surface area contributed by atoms with Gasteiger partial charge in [0.15, 0.2) is 5.88 Å². The molecule has 4 nitrogen and oxygen atoms in total. The Hall–Kier alpha value is -2.95. The second-order valence-electron chi connectivity index (χ2n) is 11.0. The van der Waals surface area contributed by atoms with Crippen LogP contribution in [0, 0.1) is 0 Å².